The lowest BCUT2D eigenvalue weighted by molar-refractivity contribution is 0.0684. The minimum atomic E-state index is 0.119. The normalized spacial score (nSPS) is 11.5. The van der Waals surface area contributed by atoms with Crippen LogP contribution in [-0.2, 0) is 0 Å². The number of hydrogen-bond acceptors (Lipinski definition) is 1. The second kappa shape index (κ2) is 5.47. The Morgan fingerprint density at radius 2 is 1.95 bits per heavy atom. The minimum Gasteiger partial charge on any atom is -0.361 e. The molecule has 0 radical (unpaired) electrons. The molecule has 0 atom stereocenters. The fraction of sp³-hybridized carbons (Fsp3) is 0.438. The van der Waals surface area contributed by atoms with Gasteiger partial charge in [0.25, 0.3) is 5.91 Å². The van der Waals surface area contributed by atoms with Gasteiger partial charge < -0.3 is 9.88 Å². The van der Waals surface area contributed by atoms with Crippen molar-refractivity contribution in [2.75, 3.05) is 6.54 Å². The number of aromatic amines is 1. The highest BCUT2D eigenvalue weighted by atomic mass is 16.2. The third-order valence-electron chi connectivity index (χ3n) is 3.27. The van der Waals surface area contributed by atoms with Crippen LogP contribution in [0, 0.1) is 5.92 Å². The van der Waals surface area contributed by atoms with Gasteiger partial charge in [-0.05, 0) is 38.0 Å². The van der Waals surface area contributed by atoms with Crippen LogP contribution in [0.4, 0.5) is 0 Å². The summed E-state index contributed by atoms with van der Waals surface area (Å²) >= 11 is 0. The quantitative estimate of drug-likeness (QED) is 0.892. The van der Waals surface area contributed by atoms with Gasteiger partial charge >= 0.3 is 0 Å². The number of fused-ring (bicyclic) bond motifs is 1. The van der Waals surface area contributed by atoms with Gasteiger partial charge in [0, 0.05) is 35.2 Å². The van der Waals surface area contributed by atoms with E-state index < -0.39 is 0 Å². The van der Waals surface area contributed by atoms with Gasteiger partial charge in [0.05, 0.1) is 0 Å². The molecule has 0 saturated carbocycles. The molecule has 19 heavy (non-hydrogen) atoms. The molecule has 0 spiro atoms. The summed E-state index contributed by atoms with van der Waals surface area (Å²) in [7, 11) is 0. The zero-order chi connectivity index (χ0) is 14.0. The third kappa shape index (κ3) is 2.80. The van der Waals surface area contributed by atoms with Crippen LogP contribution in [0.5, 0.6) is 0 Å². The Hall–Kier alpha value is -1.77. The second-order valence-corrected chi connectivity index (χ2v) is 5.69. The summed E-state index contributed by atoms with van der Waals surface area (Å²) in [6, 6.07) is 8.02. The standard InChI is InChI=1S/C16H22N2O/c1-11(2)10-18(12(3)4)16(19)14-6-5-7-15-13(14)8-9-17-15/h5-9,11-12,17H,10H2,1-4H3. The Morgan fingerprint density at radius 1 is 1.21 bits per heavy atom. The molecule has 0 aliphatic heterocycles. The number of benzene rings is 1. The van der Waals surface area contributed by atoms with Gasteiger partial charge in [-0.2, -0.15) is 0 Å². The van der Waals surface area contributed by atoms with Gasteiger partial charge in [-0.1, -0.05) is 19.9 Å². The first-order valence-corrected chi connectivity index (χ1v) is 6.87. The molecule has 1 N–H and O–H groups in total. The van der Waals surface area contributed by atoms with E-state index in [0.29, 0.717) is 5.92 Å². The molecule has 2 aromatic rings. The first kappa shape index (κ1) is 13.7. The molecular weight excluding hydrogens is 236 g/mol. The van der Waals surface area contributed by atoms with Crippen molar-refractivity contribution < 1.29 is 4.79 Å². The van der Waals surface area contributed by atoms with Crippen molar-refractivity contribution in [2.45, 2.75) is 33.7 Å². The van der Waals surface area contributed by atoms with Crippen molar-refractivity contribution in [1.82, 2.24) is 9.88 Å². The molecule has 0 bridgehead atoms. The fourth-order valence-corrected chi connectivity index (χ4v) is 2.35. The van der Waals surface area contributed by atoms with Crippen molar-refractivity contribution in [3.8, 4) is 0 Å². The summed E-state index contributed by atoms with van der Waals surface area (Å²) in [5.41, 5.74) is 1.80. The number of nitrogens with zero attached hydrogens (tertiary/aromatic N) is 1. The predicted octanol–water partition coefficient (Wildman–Crippen LogP) is 3.67. The fourth-order valence-electron chi connectivity index (χ4n) is 2.35. The number of rotatable bonds is 4. The molecule has 0 fully saturated rings. The number of carbonyl (C=O) groups excluding carboxylic acids is 1. The first-order chi connectivity index (χ1) is 9.00. The van der Waals surface area contributed by atoms with E-state index in [1.54, 1.807) is 0 Å². The van der Waals surface area contributed by atoms with Gasteiger partial charge in [0.2, 0.25) is 0 Å². The lowest BCUT2D eigenvalue weighted by Crippen LogP contribution is -2.39. The summed E-state index contributed by atoms with van der Waals surface area (Å²) in [6.07, 6.45) is 1.88. The van der Waals surface area contributed by atoms with Crippen LogP contribution in [0.1, 0.15) is 38.1 Å². The number of amides is 1. The zero-order valence-electron chi connectivity index (χ0n) is 12.1. The van der Waals surface area contributed by atoms with E-state index in [9.17, 15) is 4.79 Å². The molecule has 0 aliphatic carbocycles. The maximum Gasteiger partial charge on any atom is 0.254 e. The molecule has 102 valence electrons. The maximum atomic E-state index is 12.7. The molecule has 2 rings (SSSR count). The number of hydrogen-bond donors (Lipinski definition) is 1. The van der Waals surface area contributed by atoms with E-state index in [1.165, 1.54) is 0 Å². The van der Waals surface area contributed by atoms with Crippen LogP contribution >= 0.6 is 0 Å². The molecule has 3 nitrogen and oxygen atoms in total. The Labute approximate surface area is 114 Å². The van der Waals surface area contributed by atoms with Crippen LogP contribution in [0.15, 0.2) is 30.5 Å². The van der Waals surface area contributed by atoms with Crippen molar-refractivity contribution >= 4 is 16.8 Å². The highest BCUT2D eigenvalue weighted by Gasteiger charge is 2.21. The molecule has 1 aromatic heterocycles. The van der Waals surface area contributed by atoms with Crippen molar-refractivity contribution in [1.29, 1.82) is 0 Å². The average Bonchev–Trinajstić information content (AvgIpc) is 2.82. The summed E-state index contributed by atoms with van der Waals surface area (Å²) in [6.45, 7) is 9.20. The summed E-state index contributed by atoms with van der Waals surface area (Å²) in [4.78, 5) is 17.8. The van der Waals surface area contributed by atoms with Gasteiger partial charge in [0.15, 0.2) is 0 Å². The van der Waals surface area contributed by atoms with Crippen LogP contribution < -0.4 is 0 Å². The number of carbonyl (C=O) groups is 1. The average molecular weight is 258 g/mol. The lowest BCUT2D eigenvalue weighted by Gasteiger charge is -2.28. The lowest BCUT2D eigenvalue weighted by atomic mass is 10.1. The predicted molar refractivity (Wildman–Crippen MR) is 79.3 cm³/mol. The maximum absolute atomic E-state index is 12.7. The number of H-pyrrole nitrogens is 1. The number of nitrogens with one attached hydrogen (secondary N) is 1. The Morgan fingerprint density at radius 3 is 2.58 bits per heavy atom. The van der Waals surface area contributed by atoms with Gasteiger partial charge in [0.1, 0.15) is 0 Å². The van der Waals surface area contributed by atoms with E-state index >= 15 is 0 Å². The van der Waals surface area contributed by atoms with Crippen LogP contribution in [0.25, 0.3) is 10.9 Å². The van der Waals surface area contributed by atoms with E-state index in [1.807, 2.05) is 35.4 Å². The monoisotopic (exact) mass is 258 g/mol. The molecule has 0 saturated heterocycles. The highest BCUT2D eigenvalue weighted by molar-refractivity contribution is 6.06. The minimum absolute atomic E-state index is 0.119. The number of aromatic nitrogens is 1. The van der Waals surface area contributed by atoms with E-state index in [2.05, 4.69) is 32.7 Å². The van der Waals surface area contributed by atoms with Gasteiger partial charge in [-0.3, -0.25) is 4.79 Å². The van der Waals surface area contributed by atoms with Crippen LogP contribution in [0.2, 0.25) is 0 Å². The van der Waals surface area contributed by atoms with Crippen LogP contribution in [0.3, 0.4) is 0 Å². The Balaban J connectivity index is 2.38. The molecule has 0 aliphatic rings. The molecule has 0 unspecified atom stereocenters. The summed E-state index contributed by atoms with van der Waals surface area (Å²) < 4.78 is 0. The van der Waals surface area contributed by atoms with Crippen molar-refractivity contribution in [2.24, 2.45) is 5.92 Å². The Kier molecular flexibility index (Phi) is 3.93. The second-order valence-electron chi connectivity index (χ2n) is 5.69. The largest absolute Gasteiger partial charge is 0.361 e. The van der Waals surface area contributed by atoms with Gasteiger partial charge in [-0.15, -0.1) is 0 Å². The van der Waals surface area contributed by atoms with Gasteiger partial charge in [-0.25, -0.2) is 0 Å². The Bertz CT molecular complexity index is 569. The SMILES string of the molecule is CC(C)CN(C(=O)c1cccc2[nH]ccc12)C(C)C. The summed E-state index contributed by atoms with van der Waals surface area (Å²) in [5, 5.41) is 1.00. The molecule has 1 heterocycles. The topological polar surface area (TPSA) is 36.1 Å². The first-order valence-electron chi connectivity index (χ1n) is 6.87. The molecule has 1 aromatic carbocycles. The van der Waals surface area contributed by atoms with Crippen LogP contribution in [-0.4, -0.2) is 28.4 Å². The summed E-state index contributed by atoms with van der Waals surface area (Å²) in [5.74, 6) is 0.589. The molecule has 1 amide bonds. The zero-order valence-corrected chi connectivity index (χ0v) is 12.1. The smallest absolute Gasteiger partial charge is 0.254 e. The molecular formula is C16H22N2O. The van der Waals surface area contributed by atoms with E-state index in [4.69, 9.17) is 0 Å². The van der Waals surface area contributed by atoms with E-state index in [0.717, 1.165) is 23.0 Å². The van der Waals surface area contributed by atoms with Crippen molar-refractivity contribution in [3.05, 3.63) is 36.0 Å². The van der Waals surface area contributed by atoms with E-state index in [-0.39, 0.29) is 11.9 Å². The van der Waals surface area contributed by atoms with Crippen molar-refractivity contribution in [3.63, 3.8) is 0 Å². The molecule has 3 heteroatoms. The third-order valence-corrected chi connectivity index (χ3v) is 3.27. The highest BCUT2D eigenvalue weighted by Crippen LogP contribution is 2.20.